The number of hydrogen-bond acceptors (Lipinski definition) is 3. The van der Waals surface area contributed by atoms with Crippen LogP contribution in [0.2, 0.25) is 0 Å². The summed E-state index contributed by atoms with van der Waals surface area (Å²) in [5.41, 5.74) is 0.179. The topological polar surface area (TPSA) is 63.2 Å². The molecule has 0 aromatic heterocycles. The second-order valence-electron chi connectivity index (χ2n) is 3.91. The largest absolute Gasteiger partial charge is 0.405 e. The van der Waals surface area contributed by atoms with Gasteiger partial charge in [-0.05, 0) is 24.1 Å². The molecule has 1 aromatic carbocycles. The first-order valence-corrected chi connectivity index (χ1v) is 7.78. The van der Waals surface area contributed by atoms with Gasteiger partial charge >= 0.3 is 6.18 Å². The maximum Gasteiger partial charge on any atom is 0.405 e. The lowest BCUT2D eigenvalue weighted by Gasteiger charge is -2.10. The lowest BCUT2D eigenvalue weighted by Crippen LogP contribution is -2.33. The Kier molecular flexibility index (Phi) is 5.04. The predicted octanol–water partition coefficient (Wildman–Crippen LogP) is 2.47. The minimum absolute atomic E-state index is 0.203. The summed E-state index contributed by atoms with van der Waals surface area (Å²) in [5, 5.41) is 1.65. The van der Waals surface area contributed by atoms with E-state index in [1.54, 1.807) is 12.2 Å². The minimum atomic E-state index is -4.54. The third-order valence-electron chi connectivity index (χ3n) is 2.42. The third kappa shape index (κ3) is 4.68. The first-order chi connectivity index (χ1) is 9.04. The zero-order valence-electron chi connectivity index (χ0n) is 10.3. The van der Waals surface area contributed by atoms with Crippen LogP contribution in [-0.4, -0.2) is 27.0 Å². The van der Waals surface area contributed by atoms with E-state index in [0.717, 1.165) is 6.07 Å². The zero-order valence-corrected chi connectivity index (χ0v) is 11.9. The van der Waals surface area contributed by atoms with Gasteiger partial charge in [0.15, 0.2) is 0 Å². The van der Waals surface area contributed by atoms with Crippen molar-refractivity contribution >= 4 is 25.6 Å². The lowest BCUT2D eigenvalue weighted by molar-refractivity contribution is -0.123. The van der Waals surface area contributed by atoms with Crippen molar-refractivity contribution in [3.63, 3.8) is 0 Å². The van der Waals surface area contributed by atoms with Crippen LogP contribution in [-0.2, 0) is 15.5 Å². The number of rotatable bonds is 4. The van der Waals surface area contributed by atoms with E-state index in [1.165, 1.54) is 12.1 Å². The highest BCUT2D eigenvalue weighted by Crippen LogP contribution is 2.22. The molecule has 0 radical (unpaired) electrons. The van der Waals surface area contributed by atoms with E-state index in [0.29, 0.717) is 12.0 Å². The van der Waals surface area contributed by atoms with E-state index in [9.17, 15) is 26.4 Å². The van der Waals surface area contributed by atoms with Crippen molar-refractivity contribution in [1.29, 1.82) is 0 Å². The minimum Gasteiger partial charge on any atom is -0.343 e. The zero-order chi connectivity index (χ0) is 15.6. The van der Waals surface area contributed by atoms with Gasteiger partial charge in [0.1, 0.15) is 6.54 Å². The van der Waals surface area contributed by atoms with Crippen molar-refractivity contribution in [3.05, 3.63) is 29.3 Å². The van der Waals surface area contributed by atoms with Crippen molar-refractivity contribution in [2.24, 2.45) is 0 Å². The summed E-state index contributed by atoms with van der Waals surface area (Å²) in [4.78, 5) is 11.2. The van der Waals surface area contributed by atoms with Crippen molar-refractivity contribution in [2.75, 3.05) is 6.54 Å². The van der Waals surface area contributed by atoms with E-state index in [4.69, 9.17) is 10.7 Å². The maximum atomic E-state index is 12.0. The molecule has 0 aliphatic heterocycles. The van der Waals surface area contributed by atoms with Crippen LogP contribution in [0.5, 0.6) is 0 Å². The normalized spacial score (nSPS) is 12.2. The van der Waals surface area contributed by atoms with Gasteiger partial charge in [0.25, 0.3) is 15.0 Å². The van der Waals surface area contributed by atoms with Crippen LogP contribution in [0.1, 0.15) is 22.8 Å². The quantitative estimate of drug-likeness (QED) is 0.863. The van der Waals surface area contributed by atoms with Gasteiger partial charge in [0, 0.05) is 16.2 Å². The van der Waals surface area contributed by atoms with Gasteiger partial charge in [-0.25, -0.2) is 8.42 Å². The Morgan fingerprint density at radius 3 is 2.40 bits per heavy atom. The monoisotopic (exact) mass is 329 g/mol. The highest BCUT2D eigenvalue weighted by Gasteiger charge is 2.28. The maximum absolute atomic E-state index is 12.0. The fourth-order valence-electron chi connectivity index (χ4n) is 1.50. The van der Waals surface area contributed by atoms with E-state index in [-0.39, 0.29) is 10.5 Å². The predicted molar refractivity (Wildman–Crippen MR) is 67.2 cm³/mol. The molecule has 1 amide bonds. The number of aryl methyl sites for hydroxylation is 1. The number of nitrogens with one attached hydrogen (secondary N) is 1. The molecular formula is C11H11ClF3NO3S. The number of hydrogen-bond donors (Lipinski definition) is 1. The summed E-state index contributed by atoms with van der Waals surface area (Å²) in [5.74, 6) is -1.02. The number of amides is 1. The SMILES string of the molecule is CCc1ccc(C(=O)NCC(F)(F)F)cc1S(=O)(=O)Cl. The van der Waals surface area contributed by atoms with Crippen molar-refractivity contribution in [1.82, 2.24) is 5.32 Å². The highest BCUT2D eigenvalue weighted by atomic mass is 35.7. The number of carbonyl (C=O) groups is 1. The number of carbonyl (C=O) groups excluding carboxylic acids is 1. The Morgan fingerprint density at radius 2 is 1.95 bits per heavy atom. The summed E-state index contributed by atoms with van der Waals surface area (Å²) in [6, 6.07) is 3.56. The standard InChI is InChI=1S/C11H11ClF3NO3S/c1-2-7-3-4-8(5-9(7)20(12,18)19)10(17)16-6-11(13,14)15/h3-5H,2,6H2,1H3,(H,16,17). The molecule has 0 saturated carbocycles. The van der Waals surface area contributed by atoms with Crippen LogP contribution in [0.15, 0.2) is 23.1 Å². The Balaban J connectivity index is 3.07. The van der Waals surface area contributed by atoms with E-state index < -0.39 is 27.7 Å². The molecular weight excluding hydrogens is 319 g/mol. The van der Waals surface area contributed by atoms with Crippen LogP contribution < -0.4 is 5.32 Å². The van der Waals surface area contributed by atoms with Gasteiger partial charge in [-0.3, -0.25) is 4.79 Å². The molecule has 20 heavy (non-hydrogen) atoms. The Hall–Kier alpha value is -1.28. The molecule has 0 aliphatic rings. The summed E-state index contributed by atoms with van der Waals surface area (Å²) in [7, 11) is 1.15. The van der Waals surface area contributed by atoms with Crippen LogP contribution in [0.25, 0.3) is 0 Å². The van der Waals surface area contributed by atoms with Crippen molar-refractivity contribution in [3.8, 4) is 0 Å². The number of halogens is 4. The fraction of sp³-hybridized carbons (Fsp3) is 0.364. The third-order valence-corrected chi connectivity index (χ3v) is 3.83. The Labute approximate surface area is 118 Å². The van der Waals surface area contributed by atoms with Gasteiger partial charge in [0.2, 0.25) is 0 Å². The van der Waals surface area contributed by atoms with E-state index in [2.05, 4.69) is 0 Å². The van der Waals surface area contributed by atoms with Crippen molar-refractivity contribution in [2.45, 2.75) is 24.4 Å². The molecule has 0 bridgehead atoms. The van der Waals surface area contributed by atoms with Gasteiger partial charge in [-0.1, -0.05) is 13.0 Å². The number of benzene rings is 1. The first-order valence-electron chi connectivity index (χ1n) is 5.47. The molecule has 4 nitrogen and oxygen atoms in total. The smallest absolute Gasteiger partial charge is 0.343 e. The molecule has 1 aromatic rings. The molecule has 9 heteroatoms. The molecule has 0 fully saturated rings. The lowest BCUT2D eigenvalue weighted by atomic mass is 10.1. The van der Waals surface area contributed by atoms with Crippen LogP contribution >= 0.6 is 10.7 Å². The van der Waals surface area contributed by atoms with Crippen LogP contribution in [0.3, 0.4) is 0 Å². The Morgan fingerprint density at radius 1 is 1.35 bits per heavy atom. The van der Waals surface area contributed by atoms with Crippen LogP contribution in [0, 0.1) is 0 Å². The first kappa shape index (κ1) is 16.8. The second-order valence-corrected chi connectivity index (χ2v) is 6.45. The van der Waals surface area contributed by atoms with Gasteiger partial charge in [-0.15, -0.1) is 0 Å². The molecule has 0 spiro atoms. The molecule has 1 rings (SSSR count). The average Bonchev–Trinajstić information content (AvgIpc) is 2.33. The fourth-order valence-corrected chi connectivity index (χ4v) is 2.72. The van der Waals surface area contributed by atoms with Gasteiger partial charge < -0.3 is 5.32 Å². The van der Waals surface area contributed by atoms with E-state index in [1.807, 2.05) is 0 Å². The average molecular weight is 330 g/mol. The van der Waals surface area contributed by atoms with Gasteiger partial charge in [0.05, 0.1) is 4.90 Å². The number of alkyl halides is 3. The molecule has 0 heterocycles. The van der Waals surface area contributed by atoms with Crippen LogP contribution in [0.4, 0.5) is 13.2 Å². The second kappa shape index (κ2) is 6.01. The highest BCUT2D eigenvalue weighted by molar-refractivity contribution is 8.13. The van der Waals surface area contributed by atoms with Crippen molar-refractivity contribution < 1.29 is 26.4 Å². The summed E-state index contributed by atoms with van der Waals surface area (Å²) in [6.45, 7) is 0.189. The molecule has 112 valence electrons. The summed E-state index contributed by atoms with van der Waals surface area (Å²) in [6.07, 6.45) is -4.19. The Bertz CT molecular complexity index is 614. The molecule has 1 N–H and O–H groups in total. The molecule has 0 aliphatic carbocycles. The molecule has 0 unspecified atom stereocenters. The molecule has 0 saturated heterocycles. The summed E-state index contributed by atoms with van der Waals surface area (Å²) >= 11 is 0. The van der Waals surface area contributed by atoms with E-state index >= 15 is 0 Å². The molecule has 0 atom stereocenters. The van der Waals surface area contributed by atoms with Gasteiger partial charge in [-0.2, -0.15) is 13.2 Å². The summed E-state index contributed by atoms with van der Waals surface area (Å²) < 4.78 is 58.7.